The molecular formula is C15H24FN3. The fraction of sp³-hybridized carbons (Fsp3) is 0.600. The van der Waals surface area contributed by atoms with Crippen molar-refractivity contribution in [2.45, 2.75) is 25.4 Å². The van der Waals surface area contributed by atoms with Gasteiger partial charge in [0.2, 0.25) is 0 Å². The summed E-state index contributed by atoms with van der Waals surface area (Å²) in [6.07, 6.45) is 2.39. The Hall–Kier alpha value is -1.13. The predicted molar refractivity (Wildman–Crippen MR) is 78.1 cm³/mol. The highest BCUT2D eigenvalue weighted by Gasteiger charge is 2.23. The lowest BCUT2D eigenvalue weighted by Gasteiger charge is -2.38. The second kappa shape index (κ2) is 6.35. The Labute approximate surface area is 115 Å². The van der Waals surface area contributed by atoms with Crippen molar-refractivity contribution in [1.29, 1.82) is 0 Å². The Bertz CT molecular complexity index is 420. The van der Waals surface area contributed by atoms with Gasteiger partial charge in [-0.25, -0.2) is 4.39 Å². The van der Waals surface area contributed by atoms with Gasteiger partial charge in [0.25, 0.3) is 0 Å². The predicted octanol–water partition coefficient (Wildman–Crippen LogP) is 2.08. The number of likely N-dealkylation sites (N-methyl/N-ethyl adjacent to an activating group) is 1. The first-order valence-corrected chi connectivity index (χ1v) is 6.97. The van der Waals surface area contributed by atoms with Crippen LogP contribution in [0.15, 0.2) is 18.2 Å². The molecule has 1 fully saturated rings. The van der Waals surface area contributed by atoms with Crippen LogP contribution in [0.2, 0.25) is 0 Å². The van der Waals surface area contributed by atoms with Crippen molar-refractivity contribution < 1.29 is 4.39 Å². The zero-order chi connectivity index (χ0) is 13.8. The van der Waals surface area contributed by atoms with Crippen molar-refractivity contribution in [3.05, 3.63) is 29.6 Å². The van der Waals surface area contributed by atoms with Gasteiger partial charge in [-0.2, -0.15) is 0 Å². The van der Waals surface area contributed by atoms with Crippen molar-refractivity contribution in [3.63, 3.8) is 0 Å². The maximum absolute atomic E-state index is 14.0. The zero-order valence-corrected chi connectivity index (χ0v) is 12.1. The Morgan fingerprint density at radius 2 is 2.21 bits per heavy atom. The third-order valence-corrected chi connectivity index (χ3v) is 3.92. The lowest BCUT2D eigenvalue weighted by atomic mass is 10.0. The Kier molecular flexibility index (Phi) is 4.77. The van der Waals surface area contributed by atoms with Crippen molar-refractivity contribution >= 4 is 5.69 Å². The molecule has 1 N–H and O–H groups in total. The van der Waals surface area contributed by atoms with E-state index in [2.05, 4.69) is 29.2 Å². The average Bonchev–Trinajstić information content (AvgIpc) is 2.41. The van der Waals surface area contributed by atoms with Crippen molar-refractivity contribution in [2.75, 3.05) is 39.1 Å². The molecule has 1 unspecified atom stereocenters. The highest BCUT2D eigenvalue weighted by atomic mass is 19.1. The Balaban J connectivity index is 2.23. The van der Waals surface area contributed by atoms with E-state index in [1.165, 1.54) is 12.8 Å². The number of halogens is 1. The molecule has 1 saturated heterocycles. The van der Waals surface area contributed by atoms with Crippen LogP contribution in [-0.2, 0) is 6.54 Å². The van der Waals surface area contributed by atoms with Crippen LogP contribution in [0.1, 0.15) is 18.4 Å². The SMILES string of the molecule is CNCc1c(F)cccc1N1CCCC(N(C)C)C1. The van der Waals surface area contributed by atoms with Gasteiger partial charge < -0.3 is 15.1 Å². The molecule has 1 aliphatic rings. The molecule has 106 valence electrons. The van der Waals surface area contributed by atoms with Crippen LogP contribution in [0.4, 0.5) is 10.1 Å². The molecule has 0 aromatic heterocycles. The highest BCUT2D eigenvalue weighted by molar-refractivity contribution is 5.54. The minimum Gasteiger partial charge on any atom is -0.370 e. The van der Waals surface area contributed by atoms with Gasteiger partial charge in [-0.15, -0.1) is 0 Å². The maximum atomic E-state index is 14.0. The molecule has 1 heterocycles. The second-order valence-electron chi connectivity index (χ2n) is 5.47. The summed E-state index contributed by atoms with van der Waals surface area (Å²) in [6, 6.07) is 5.94. The topological polar surface area (TPSA) is 18.5 Å². The van der Waals surface area contributed by atoms with Gasteiger partial charge in [0.05, 0.1) is 0 Å². The van der Waals surface area contributed by atoms with Crippen LogP contribution in [-0.4, -0.2) is 45.2 Å². The minimum absolute atomic E-state index is 0.112. The molecule has 0 radical (unpaired) electrons. The van der Waals surface area contributed by atoms with E-state index in [4.69, 9.17) is 0 Å². The van der Waals surface area contributed by atoms with Crippen LogP contribution < -0.4 is 10.2 Å². The first kappa shape index (κ1) is 14.3. The first-order valence-electron chi connectivity index (χ1n) is 6.97. The van der Waals surface area contributed by atoms with Gasteiger partial charge in [0, 0.05) is 36.9 Å². The molecule has 0 spiro atoms. The monoisotopic (exact) mass is 265 g/mol. The molecule has 1 aromatic rings. The fourth-order valence-corrected chi connectivity index (χ4v) is 2.79. The minimum atomic E-state index is -0.112. The number of anilines is 1. The summed E-state index contributed by atoms with van der Waals surface area (Å²) >= 11 is 0. The summed E-state index contributed by atoms with van der Waals surface area (Å²) in [4.78, 5) is 4.59. The molecule has 0 saturated carbocycles. The summed E-state index contributed by atoms with van der Waals surface area (Å²) in [5, 5.41) is 3.06. The van der Waals surface area contributed by atoms with Crippen LogP contribution in [0.3, 0.4) is 0 Å². The van der Waals surface area contributed by atoms with E-state index in [1.807, 2.05) is 19.2 Å². The van der Waals surface area contributed by atoms with Crippen LogP contribution >= 0.6 is 0 Å². The van der Waals surface area contributed by atoms with Gasteiger partial charge in [-0.1, -0.05) is 6.07 Å². The van der Waals surface area contributed by atoms with Crippen LogP contribution in [0.25, 0.3) is 0 Å². The molecule has 2 rings (SSSR count). The number of rotatable bonds is 4. The van der Waals surface area contributed by atoms with Crippen molar-refractivity contribution in [3.8, 4) is 0 Å². The molecule has 4 heteroatoms. The third-order valence-electron chi connectivity index (χ3n) is 3.92. The quantitative estimate of drug-likeness (QED) is 0.899. The molecular weight excluding hydrogens is 241 g/mol. The van der Waals surface area contributed by atoms with Crippen molar-refractivity contribution in [1.82, 2.24) is 10.2 Å². The third kappa shape index (κ3) is 3.25. The molecule has 0 bridgehead atoms. The summed E-state index contributed by atoms with van der Waals surface area (Å²) in [6.45, 7) is 2.57. The molecule has 19 heavy (non-hydrogen) atoms. The van der Waals surface area contributed by atoms with Crippen molar-refractivity contribution in [2.24, 2.45) is 0 Å². The smallest absolute Gasteiger partial charge is 0.129 e. The summed E-state index contributed by atoms with van der Waals surface area (Å²) in [5.41, 5.74) is 1.82. The Morgan fingerprint density at radius 3 is 2.89 bits per heavy atom. The zero-order valence-electron chi connectivity index (χ0n) is 12.1. The van der Waals surface area contributed by atoms with Gasteiger partial charge in [0.1, 0.15) is 5.82 Å². The number of benzene rings is 1. The van der Waals surface area contributed by atoms with E-state index >= 15 is 0 Å². The maximum Gasteiger partial charge on any atom is 0.129 e. The lowest BCUT2D eigenvalue weighted by molar-refractivity contribution is 0.258. The summed E-state index contributed by atoms with van der Waals surface area (Å²) < 4.78 is 14.0. The van der Waals surface area contributed by atoms with Gasteiger partial charge >= 0.3 is 0 Å². The van der Waals surface area contributed by atoms with Crippen LogP contribution in [0, 0.1) is 5.82 Å². The van der Waals surface area contributed by atoms with E-state index in [0.717, 1.165) is 24.3 Å². The summed E-state index contributed by atoms with van der Waals surface area (Å²) in [7, 11) is 6.09. The molecule has 1 atom stereocenters. The number of nitrogens with one attached hydrogen (secondary N) is 1. The van der Waals surface area contributed by atoms with Gasteiger partial charge in [-0.3, -0.25) is 0 Å². The number of hydrogen-bond donors (Lipinski definition) is 1. The molecule has 0 aliphatic carbocycles. The molecule has 1 aliphatic heterocycles. The molecule has 3 nitrogen and oxygen atoms in total. The van der Waals surface area contributed by atoms with E-state index in [9.17, 15) is 4.39 Å². The Morgan fingerprint density at radius 1 is 1.42 bits per heavy atom. The first-order chi connectivity index (χ1) is 9.13. The van der Waals surface area contributed by atoms with Gasteiger partial charge in [-0.05, 0) is 46.1 Å². The van der Waals surface area contributed by atoms with E-state index in [-0.39, 0.29) is 5.82 Å². The normalized spacial score (nSPS) is 20.1. The standard InChI is InChI=1S/C15H24FN3/c1-17-10-13-14(16)7-4-8-15(13)19-9-5-6-12(11-19)18(2)3/h4,7-8,12,17H,5-6,9-11H2,1-3H3. The number of nitrogens with zero attached hydrogens (tertiary/aromatic N) is 2. The van der Waals surface area contributed by atoms with Gasteiger partial charge in [0.15, 0.2) is 0 Å². The van der Waals surface area contributed by atoms with E-state index in [1.54, 1.807) is 6.07 Å². The fourth-order valence-electron chi connectivity index (χ4n) is 2.79. The molecule has 1 aromatic carbocycles. The number of piperidine rings is 1. The summed E-state index contributed by atoms with van der Waals surface area (Å²) in [5.74, 6) is -0.112. The average molecular weight is 265 g/mol. The second-order valence-corrected chi connectivity index (χ2v) is 5.47. The lowest BCUT2D eigenvalue weighted by Crippen LogP contribution is -2.45. The largest absolute Gasteiger partial charge is 0.370 e. The molecule has 0 amide bonds. The van der Waals surface area contributed by atoms with E-state index in [0.29, 0.717) is 12.6 Å². The highest BCUT2D eigenvalue weighted by Crippen LogP contribution is 2.27. The van der Waals surface area contributed by atoms with E-state index < -0.39 is 0 Å². The van der Waals surface area contributed by atoms with Crippen LogP contribution in [0.5, 0.6) is 0 Å². The number of hydrogen-bond acceptors (Lipinski definition) is 3.